The Bertz CT molecular complexity index is 474. The van der Waals surface area contributed by atoms with Crippen molar-refractivity contribution in [2.75, 3.05) is 0 Å². The Hall–Kier alpha value is -1.36. The molecule has 5 heteroatoms. The SMILES string of the molecule is CC(C)CC(NC(=O)CCc1cccc(Br)c1)C(=O)O. The lowest BCUT2D eigenvalue weighted by Gasteiger charge is -2.16. The van der Waals surface area contributed by atoms with Crippen molar-refractivity contribution in [3.63, 3.8) is 0 Å². The van der Waals surface area contributed by atoms with Crippen molar-refractivity contribution in [2.24, 2.45) is 5.92 Å². The van der Waals surface area contributed by atoms with Gasteiger partial charge in [0, 0.05) is 10.9 Å². The molecule has 0 saturated carbocycles. The van der Waals surface area contributed by atoms with Crippen molar-refractivity contribution in [2.45, 2.75) is 39.2 Å². The topological polar surface area (TPSA) is 66.4 Å². The van der Waals surface area contributed by atoms with Gasteiger partial charge < -0.3 is 10.4 Å². The minimum atomic E-state index is -0.977. The average molecular weight is 342 g/mol. The van der Waals surface area contributed by atoms with Crippen LogP contribution in [-0.4, -0.2) is 23.0 Å². The molecule has 0 saturated heterocycles. The zero-order valence-electron chi connectivity index (χ0n) is 11.7. The van der Waals surface area contributed by atoms with Gasteiger partial charge in [0.2, 0.25) is 5.91 Å². The summed E-state index contributed by atoms with van der Waals surface area (Å²) >= 11 is 3.38. The molecule has 0 spiro atoms. The predicted molar refractivity (Wildman–Crippen MR) is 81.5 cm³/mol. The zero-order valence-corrected chi connectivity index (χ0v) is 13.3. The normalized spacial score (nSPS) is 12.2. The molecule has 1 unspecified atom stereocenters. The molecule has 0 heterocycles. The third-order valence-electron chi connectivity index (χ3n) is 2.87. The number of hydrogen-bond acceptors (Lipinski definition) is 2. The molecule has 1 aromatic carbocycles. The van der Waals surface area contributed by atoms with Gasteiger partial charge in [0.15, 0.2) is 0 Å². The summed E-state index contributed by atoms with van der Waals surface area (Å²) in [5.41, 5.74) is 1.05. The van der Waals surface area contributed by atoms with Crippen LogP contribution in [-0.2, 0) is 16.0 Å². The van der Waals surface area contributed by atoms with Gasteiger partial charge in [-0.05, 0) is 36.5 Å². The summed E-state index contributed by atoms with van der Waals surface area (Å²) in [7, 11) is 0. The molecule has 0 fully saturated rings. The van der Waals surface area contributed by atoms with Gasteiger partial charge in [-0.25, -0.2) is 4.79 Å². The van der Waals surface area contributed by atoms with Crippen LogP contribution in [0.15, 0.2) is 28.7 Å². The summed E-state index contributed by atoms with van der Waals surface area (Å²) in [5, 5.41) is 11.7. The second kappa shape index (κ2) is 8.04. The van der Waals surface area contributed by atoms with Gasteiger partial charge in [0.05, 0.1) is 0 Å². The number of carbonyl (C=O) groups is 2. The fourth-order valence-corrected chi connectivity index (χ4v) is 2.36. The van der Waals surface area contributed by atoms with Gasteiger partial charge in [-0.15, -0.1) is 0 Å². The maximum absolute atomic E-state index is 11.8. The zero-order chi connectivity index (χ0) is 15.1. The Labute approximate surface area is 127 Å². The molecule has 4 nitrogen and oxygen atoms in total. The number of carbonyl (C=O) groups excluding carboxylic acids is 1. The van der Waals surface area contributed by atoms with Crippen LogP contribution in [0.25, 0.3) is 0 Å². The van der Waals surface area contributed by atoms with E-state index in [2.05, 4.69) is 21.2 Å². The summed E-state index contributed by atoms with van der Waals surface area (Å²) in [6.45, 7) is 3.87. The molecular weight excluding hydrogens is 322 g/mol. The van der Waals surface area contributed by atoms with Gasteiger partial charge in [-0.2, -0.15) is 0 Å². The lowest BCUT2D eigenvalue weighted by Crippen LogP contribution is -2.41. The van der Waals surface area contributed by atoms with E-state index < -0.39 is 12.0 Å². The fraction of sp³-hybridized carbons (Fsp3) is 0.467. The summed E-state index contributed by atoms with van der Waals surface area (Å²) in [5.74, 6) is -0.978. The van der Waals surface area contributed by atoms with E-state index in [9.17, 15) is 9.59 Å². The molecule has 1 amide bonds. The molecule has 0 aromatic heterocycles. The van der Waals surface area contributed by atoms with Crippen molar-refractivity contribution >= 4 is 27.8 Å². The van der Waals surface area contributed by atoms with E-state index in [4.69, 9.17) is 5.11 Å². The highest BCUT2D eigenvalue weighted by Crippen LogP contribution is 2.13. The largest absolute Gasteiger partial charge is 0.480 e. The first-order chi connectivity index (χ1) is 9.38. The Balaban J connectivity index is 2.47. The fourth-order valence-electron chi connectivity index (χ4n) is 1.91. The summed E-state index contributed by atoms with van der Waals surface area (Å²) in [4.78, 5) is 22.9. The first kappa shape index (κ1) is 16.7. The third kappa shape index (κ3) is 6.19. The van der Waals surface area contributed by atoms with Crippen molar-refractivity contribution in [1.29, 1.82) is 0 Å². The second-order valence-electron chi connectivity index (χ2n) is 5.22. The average Bonchev–Trinajstić information content (AvgIpc) is 2.35. The van der Waals surface area contributed by atoms with Crippen LogP contribution in [0, 0.1) is 5.92 Å². The van der Waals surface area contributed by atoms with E-state index in [1.807, 2.05) is 38.1 Å². The molecule has 0 bridgehead atoms. The first-order valence-electron chi connectivity index (χ1n) is 6.65. The molecule has 0 radical (unpaired) electrons. The van der Waals surface area contributed by atoms with Crippen LogP contribution >= 0.6 is 15.9 Å². The lowest BCUT2D eigenvalue weighted by atomic mass is 10.0. The van der Waals surface area contributed by atoms with E-state index in [0.717, 1.165) is 10.0 Å². The lowest BCUT2D eigenvalue weighted by molar-refractivity contribution is -0.142. The smallest absolute Gasteiger partial charge is 0.326 e. The Kier molecular flexibility index (Phi) is 6.71. The molecule has 20 heavy (non-hydrogen) atoms. The van der Waals surface area contributed by atoms with E-state index in [-0.39, 0.29) is 11.8 Å². The molecular formula is C15H20BrNO3. The number of rotatable bonds is 7. The number of aryl methyl sites for hydroxylation is 1. The van der Waals surface area contributed by atoms with Crippen molar-refractivity contribution in [3.05, 3.63) is 34.3 Å². The van der Waals surface area contributed by atoms with E-state index in [1.54, 1.807) is 0 Å². The van der Waals surface area contributed by atoms with Crippen molar-refractivity contribution in [1.82, 2.24) is 5.32 Å². The highest BCUT2D eigenvalue weighted by molar-refractivity contribution is 9.10. The minimum absolute atomic E-state index is 0.224. The Morgan fingerprint density at radius 1 is 1.35 bits per heavy atom. The van der Waals surface area contributed by atoms with Crippen LogP contribution in [0.4, 0.5) is 0 Å². The van der Waals surface area contributed by atoms with Gasteiger partial charge in [0.25, 0.3) is 0 Å². The van der Waals surface area contributed by atoms with Crippen LogP contribution in [0.3, 0.4) is 0 Å². The molecule has 2 N–H and O–H groups in total. The van der Waals surface area contributed by atoms with E-state index >= 15 is 0 Å². The third-order valence-corrected chi connectivity index (χ3v) is 3.36. The molecule has 1 rings (SSSR count). The van der Waals surface area contributed by atoms with E-state index in [0.29, 0.717) is 19.3 Å². The maximum Gasteiger partial charge on any atom is 0.326 e. The van der Waals surface area contributed by atoms with Crippen molar-refractivity contribution < 1.29 is 14.7 Å². The Morgan fingerprint density at radius 2 is 2.05 bits per heavy atom. The maximum atomic E-state index is 11.8. The predicted octanol–water partition coefficient (Wildman–Crippen LogP) is 3.00. The summed E-state index contributed by atoms with van der Waals surface area (Å²) < 4.78 is 0.971. The van der Waals surface area contributed by atoms with Crippen LogP contribution in [0.2, 0.25) is 0 Å². The second-order valence-corrected chi connectivity index (χ2v) is 6.13. The number of aliphatic carboxylic acids is 1. The standard InChI is InChI=1S/C15H20BrNO3/c1-10(2)8-13(15(19)20)17-14(18)7-6-11-4-3-5-12(16)9-11/h3-5,9-10,13H,6-8H2,1-2H3,(H,17,18)(H,19,20). The van der Waals surface area contributed by atoms with Gasteiger partial charge in [-0.3, -0.25) is 4.79 Å². The van der Waals surface area contributed by atoms with Gasteiger partial charge >= 0.3 is 5.97 Å². The van der Waals surface area contributed by atoms with Gasteiger partial charge in [0.1, 0.15) is 6.04 Å². The monoisotopic (exact) mass is 341 g/mol. The summed E-state index contributed by atoms with van der Waals surface area (Å²) in [6, 6.07) is 6.93. The molecule has 110 valence electrons. The molecule has 0 aliphatic rings. The van der Waals surface area contributed by atoms with Crippen molar-refractivity contribution in [3.8, 4) is 0 Å². The molecule has 0 aliphatic carbocycles. The first-order valence-corrected chi connectivity index (χ1v) is 7.44. The molecule has 1 atom stereocenters. The van der Waals surface area contributed by atoms with Gasteiger partial charge in [-0.1, -0.05) is 41.9 Å². The number of hydrogen-bond donors (Lipinski definition) is 2. The highest BCUT2D eigenvalue weighted by Gasteiger charge is 2.20. The van der Waals surface area contributed by atoms with Crippen LogP contribution < -0.4 is 5.32 Å². The minimum Gasteiger partial charge on any atom is -0.480 e. The van der Waals surface area contributed by atoms with Crippen LogP contribution in [0.1, 0.15) is 32.3 Å². The Morgan fingerprint density at radius 3 is 2.60 bits per heavy atom. The van der Waals surface area contributed by atoms with E-state index in [1.165, 1.54) is 0 Å². The quantitative estimate of drug-likeness (QED) is 0.801. The summed E-state index contributed by atoms with van der Waals surface area (Å²) in [6.07, 6.45) is 1.33. The van der Waals surface area contributed by atoms with Crippen LogP contribution in [0.5, 0.6) is 0 Å². The highest BCUT2D eigenvalue weighted by atomic mass is 79.9. The number of carboxylic acids is 1. The number of amides is 1. The number of benzene rings is 1. The molecule has 1 aromatic rings. The number of carboxylic acid groups (broad SMARTS) is 1. The molecule has 0 aliphatic heterocycles. The number of nitrogens with one attached hydrogen (secondary N) is 1. The number of halogens is 1.